The molecule has 0 heterocycles. The van der Waals surface area contributed by atoms with E-state index in [1.807, 2.05) is 0 Å². The number of ether oxygens (including phenoxy) is 2. The third kappa shape index (κ3) is 9.08. The molecule has 3 rings (SSSR count). The molecule has 1 saturated carbocycles. The minimum atomic E-state index is -2.67. The molecule has 0 bridgehead atoms. The Morgan fingerprint density at radius 3 is 1.85 bits per heavy atom. The van der Waals surface area contributed by atoms with E-state index in [9.17, 15) is 5.11 Å². The maximum atomic E-state index is 12.5. The van der Waals surface area contributed by atoms with Gasteiger partial charge in [0.15, 0.2) is 14.6 Å². The predicted octanol–water partition coefficient (Wildman–Crippen LogP) is 9.02. The Labute approximate surface area is 295 Å². The summed E-state index contributed by atoms with van der Waals surface area (Å²) in [6, 6.07) is 21.7. The highest BCUT2D eigenvalue weighted by Gasteiger charge is 2.52. The molecule has 0 spiro atoms. The minimum Gasteiger partial charge on any atom is -0.413 e. The average Bonchev–Trinajstić information content (AvgIpc) is 3.33. The highest BCUT2D eigenvalue weighted by atomic mass is 28.4. The fourth-order valence-electron chi connectivity index (χ4n) is 7.08. The van der Waals surface area contributed by atoms with Crippen LogP contribution < -0.4 is 10.4 Å². The van der Waals surface area contributed by atoms with E-state index in [2.05, 4.69) is 142 Å². The van der Waals surface area contributed by atoms with Crippen molar-refractivity contribution in [2.24, 2.45) is 11.8 Å². The highest BCUT2D eigenvalue weighted by molar-refractivity contribution is 6.99. The van der Waals surface area contributed by atoms with Crippen LogP contribution in [0.3, 0.4) is 0 Å². The first-order chi connectivity index (χ1) is 22.3. The molecule has 1 aliphatic carbocycles. The van der Waals surface area contributed by atoms with Crippen molar-refractivity contribution in [1.82, 2.24) is 0 Å². The van der Waals surface area contributed by atoms with E-state index < -0.39 is 22.2 Å². The molecule has 0 radical (unpaired) electrons. The van der Waals surface area contributed by atoms with Crippen LogP contribution in [0.1, 0.15) is 87.5 Å². The first-order valence-corrected chi connectivity index (χ1v) is 22.8. The maximum absolute atomic E-state index is 12.5. The highest BCUT2D eigenvalue weighted by Crippen LogP contribution is 2.48. The number of benzene rings is 2. The smallest absolute Gasteiger partial charge is 0.261 e. The van der Waals surface area contributed by atoms with Gasteiger partial charge >= 0.3 is 0 Å². The molecular weight excluding hydrogens is 629 g/mol. The van der Waals surface area contributed by atoms with E-state index in [0.717, 1.165) is 18.4 Å². The molecule has 2 aromatic rings. The summed E-state index contributed by atoms with van der Waals surface area (Å²) in [5, 5.41) is 15.1. The van der Waals surface area contributed by atoms with Crippen molar-refractivity contribution in [1.29, 1.82) is 0 Å². The van der Waals surface area contributed by atoms with Crippen LogP contribution in [0.5, 0.6) is 0 Å². The second-order valence-electron chi connectivity index (χ2n) is 16.6. The number of rotatable bonds is 16. The van der Waals surface area contributed by atoms with E-state index in [1.165, 1.54) is 15.9 Å². The van der Waals surface area contributed by atoms with Crippen molar-refractivity contribution >= 4 is 27.0 Å². The maximum Gasteiger partial charge on any atom is 0.261 e. The van der Waals surface area contributed by atoms with Crippen LogP contribution in [0.4, 0.5) is 0 Å². The Hall–Kier alpha value is -1.85. The topological polar surface area (TPSA) is 57.2 Å². The molecule has 0 amide bonds. The molecule has 0 aliphatic heterocycles. The standard InChI is InChI=1S/C41H66O5Si2/c1-31(2)33(27-29-45-48(40(7,8)9,34-20-16-14-17-21-34)35-22-18-15-19-23-35)30-36-37(46-47(12,13)39(4,5)6)26-28-41(36,42)32(3)24-25-38(43-10)44-11/h14-23,30-31,36-38,42H,3,24-29H2,1-2,4-13H3/b33-30+/t36-,37-,41-/m0/s1. The van der Waals surface area contributed by atoms with Crippen LogP contribution in [0.15, 0.2) is 84.5 Å². The molecule has 5 nitrogen and oxygen atoms in total. The van der Waals surface area contributed by atoms with Gasteiger partial charge in [-0.15, -0.1) is 0 Å². The lowest BCUT2D eigenvalue weighted by Gasteiger charge is -2.43. The molecule has 0 aromatic heterocycles. The SMILES string of the molecule is C=C(CCC(OC)OC)[C@@]1(O)CC[C@H](O[Si](C)(C)C(C)(C)C)[C@@H]1/C=C(\CCO[Si](c1ccccc1)(c1ccccc1)C(C)(C)C)C(C)C. The summed E-state index contributed by atoms with van der Waals surface area (Å²) in [5.74, 6) is 0.0821. The molecule has 1 aliphatic rings. The van der Waals surface area contributed by atoms with Crippen LogP contribution in [0, 0.1) is 11.8 Å². The monoisotopic (exact) mass is 694 g/mol. The van der Waals surface area contributed by atoms with Gasteiger partial charge in [-0.25, -0.2) is 0 Å². The van der Waals surface area contributed by atoms with Gasteiger partial charge in [0.2, 0.25) is 0 Å². The summed E-state index contributed by atoms with van der Waals surface area (Å²) in [7, 11) is -1.48. The molecule has 48 heavy (non-hydrogen) atoms. The summed E-state index contributed by atoms with van der Waals surface area (Å²) >= 11 is 0. The van der Waals surface area contributed by atoms with Gasteiger partial charge in [0.1, 0.15) is 0 Å². The first kappa shape index (κ1) is 40.6. The largest absolute Gasteiger partial charge is 0.413 e. The lowest BCUT2D eigenvalue weighted by atomic mass is 9.79. The first-order valence-electron chi connectivity index (χ1n) is 17.9. The molecule has 268 valence electrons. The van der Waals surface area contributed by atoms with Crippen LogP contribution in [-0.4, -0.2) is 60.6 Å². The molecule has 2 aromatic carbocycles. The minimum absolute atomic E-state index is 0.0631. The number of aliphatic hydroxyl groups is 1. The zero-order chi connectivity index (χ0) is 36.0. The second-order valence-corrected chi connectivity index (χ2v) is 25.7. The van der Waals surface area contributed by atoms with Crippen LogP contribution >= 0.6 is 0 Å². The van der Waals surface area contributed by atoms with Gasteiger partial charge in [0.05, 0.1) is 11.7 Å². The van der Waals surface area contributed by atoms with Crippen molar-refractivity contribution < 1.29 is 23.4 Å². The number of methoxy groups -OCH3 is 2. The quantitative estimate of drug-likeness (QED) is 0.108. The van der Waals surface area contributed by atoms with E-state index in [1.54, 1.807) is 14.2 Å². The van der Waals surface area contributed by atoms with Crippen LogP contribution in [0.2, 0.25) is 23.2 Å². The van der Waals surface area contributed by atoms with Crippen molar-refractivity contribution in [3.63, 3.8) is 0 Å². The third-order valence-corrected chi connectivity index (χ3v) is 20.6. The van der Waals surface area contributed by atoms with Gasteiger partial charge < -0.3 is 23.4 Å². The van der Waals surface area contributed by atoms with Crippen LogP contribution in [-0.2, 0) is 18.3 Å². The van der Waals surface area contributed by atoms with Gasteiger partial charge in [-0.3, -0.25) is 0 Å². The Morgan fingerprint density at radius 1 is 0.896 bits per heavy atom. The van der Waals surface area contributed by atoms with Gasteiger partial charge in [0, 0.05) is 33.2 Å². The summed E-state index contributed by atoms with van der Waals surface area (Å²) in [5.41, 5.74) is 1.05. The fraction of sp³-hybridized carbons (Fsp3) is 0.610. The molecule has 1 N–H and O–H groups in total. The lowest BCUT2D eigenvalue weighted by molar-refractivity contribution is -0.106. The lowest BCUT2D eigenvalue weighted by Crippen LogP contribution is -2.66. The number of hydrogen-bond acceptors (Lipinski definition) is 5. The molecule has 0 unspecified atom stereocenters. The molecule has 7 heteroatoms. The predicted molar refractivity (Wildman–Crippen MR) is 207 cm³/mol. The summed E-state index contributed by atoms with van der Waals surface area (Å²) < 4.78 is 25.4. The second kappa shape index (κ2) is 16.4. The Kier molecular flexibility index (Phi) is 13.9. The molecule has 1 fully saturated rings. The average molecular weight is 695 g/mol. The zero-order valence-corrected chi connectivity index (χ0v) is 34.2. The van der Waals surface area contributed by atoms with Crippen molar-refractivity contribution in [2.45, 2.75) is 129 Å². The van der Waals surface area contributed by atoms with E-state index in [4.69, 9.17) is 18.3 Å². The Bertz CT molecular complexity index is 1280. The van der Waals surface area contributed by atoms with E-state index >= 15 is 0 Å². The summed E-state index contributed by atoms with van der Waals surface area (Å²) in [4.78, 5) is 0. The van der Waals surface area contributed by atoms with Gasteiger partial charge in [-0.2, -0.15) is 0 Å². The zero-order valence-electron chi connectivity index (χ0n) is 32.2. The van der Waals surface area contributed by atoms with Crippen molar-refractivity contribution in [3.8, 4) is 0 Å². The van der Waals surface area contributed by atoms with Gasteiger partial charge in [-0.1, -0.05) is 134 Å². The van der Waals surface area contributed by atoms with Gasteiger partial charge in [0.25, 0.3) is 8.32 Å². The molecular formula is C41H66O5Si2. The Morgan fingerprint density at radius 2 is 1.42 bits per heavy atom. The van der Waals surface area contributed by atoms with Gasteiger partial charge in [-0.05, 0) is 70.7 Å². The Balaban J connectivity index is 2.02. The van der Waals surface area contributed by atoms with Crippen LogP contribution in [0.25, 0.3) is 0 Å². The van der Waals surface area contributed by atoms with E-state index in [0.29, 0.717) is 25.9 Å². The van der Waals surface area contributed by atoms with E-state index in [-0.39, 0.29) is 34.3 Å². The normalized spacial score (nSPS) is 21.4. The third-order valence-electron chi connectivity index (χ3n) is 11.1. The fourth-order valence-corrected chi connectivity index (χ4v) is 13.0. The molecule has 3 atom stereocenters. The van der Waals surface area contributed by atoms with Crippen molar-refractivity contribution in [3.05, 3.63) is 84.5 Å². The number of hydrogen-bond donors (Lipinski definition) is 1. The summed E-state index contributed by atoms with van der Waals surface area (Å²) in [6.07, 6.45) is 5.40. The summed E-state index contributed by atoms with van der Waals surface area (Å²) in [6.45, 7) is 28.0. The van der Waals surface area contributed by atoms with Crippen molar-refractivity contribution in [2.75, 3.05) is 20.8 Å². The molecule has 0 saturated heterocycles.